The maximum Gasteiger partial charge on any atom is 0.325 e. The van der Waals surface area contributed by atoms with Gasteiger partial charge in [0, 0.05) is 26.1 Å². The topological polar surface area (TPSA) is 69.7 Å². The number of amides is 4. The van der Waals surface area contributed by atoms with Crippen LogP contribution in [0.25, 0.3) is 0 Å². The number of nitrogens with one attached hydrogen (secondary N) is 1. The van der Waals surface area contributed by atoms with Crippen molar-refractivity contribution in [3.63, 3.8) is 0 Å². The van der Waals surface area contributed by atoms with Gasteiger partial charge in [0.25, 0.3) is 5.91 Å². The first-order valence-corrected chi connectivity index (χ1v) is 8.54. The zero-order chi connectivity index (χ0) is 15.6. The van der Waals surface area contributed by atoms with E-state index in [4.69, 9.17) is 0 Å². The van der Waals surface area contributed by atoms with Crippen molar-refractivity contribution in [3.8, 4) is 0 Å². The monoisotopic (exact) mass is 307 g/mol. The minimum absolute atomic E-state index is 0.0829. The number of rotatable bonds is 4. The lowest BCUT2D eigenvalue weighted by Gasteiger charge is -2.27. The van der Waals surface area contributed by atoms with Crippen molar-refractivity contribution in [2.24, 2.45) is 0 Å². The number of nitrogens with zero attached hydrogens (tertiary/aromatic N) is 2. The van der Waals surface area contributed by atoms with Crippen LogP contribution in [0.15, 0.2) is 0 Å². The summed E-state index contributed by atoms with van der Waals surface area (Å²) in [6, 6.07) is -0.280. The van der Waals surface area contributed by atoms with Crippen molar-refractivity contribution in [1.29, 1.82) is 0 Å². The third kappa shape index (κ3) is 2.83. The van der Waals surface area contributed by atoms with Crippen LogP contribution in [-0.4, -0.2) is 52.8 Å². The van der Waals surface area contributed by atoms with Gasteiger partial charge in [-0.1, -0.05) is 12.8 Å². The summed E-state index contributed by atoms with van der Waals surface area (Å²) in [6.07, 6.45) is 7.84. The zero-order valence-corrected chi connectivity index (χ0v) is 13.1. The van der Waals surface area contributed by atoms with Crippen molar-refractivity contribution >= 4 is 17.8 Å². The van der Waals surface area contributed by atoms with Gasteiger partial charge in [-0.05, 0) is 38.5 Å². The van der Waals surface area contributed by atoms with Crippen molar-refractivity contribution in [2.45, 2.75) is 63.3 Å². The molecule has 0 atom stereocenters. The number of hydrogen-bond donors (Lipinski definition) is 1. The Morgan fingerprint density at radius 1 is 1.05 bits per heavy atom. The molecule has 2 heterocycles. The fourth-order valence-electron chi connectivity index (χ4n) is 3.89. The number of piperidine rings is 1. The molecule has 4 amide bonds. The summed E-state index contributed by atoms with van der Waals surface area (Å²) in [4.78, 5) is 39.8. The number of hydrogen-bond acceptors (Lipinski definition) is 3. The van der Waals surface area contributed by atoms with Crippen molar-refractivity contribution in [2.75, 3.05) is 19.6 Å². The Morgan fingerprint density at radius 2 is 1.73 bits per heavy atom. The molecule has 6 nitrogen and oxygen atoms in total. The fraction of sp³-hybridized carbons (Fsp3) is 0.812. The normalized spacial score (nSPS) is 24.2. The van der Waals surface area contributed by atoms with Gasteiger partial charge in [-0.25, -0.2) is 4.79 Å². The van der Waals surface area contributed by atoms with E-state index in [2.05, 4.69) is 5.32 Å². The molecule has 0 unspecified atom stereocenters. The maximum atomic E-state index is 12.5. The average Bonchev–Trinajstić information content (AvgIpc) is 3.09. The molecule has 1 aliphatic carbocycles. The summed E-state index contributed by atoms with van der Waals surface area (Å²) >= 11 is 0. The van der Waals surface area contributed by atoms with Crippen LogP contribution in [0.4, 0.5) is 4.79 Å². The van der Waals surface area contributed by atoms with Crippen LogP contribution in [-0.2, 0) is 9.59 Å². The molecule has 6 heteroatoms. The van der Waals surface area contributed by atoms with E-state index in [1.807, 2.05) is 4.90 Å². The van der Waals surface area contributed by atoms with Gasteiger partial charge in [0.05, 0.1) is 0 Å². The Morgan fingerprint density at radius 3 is 2.41 bits per heavy atom. The smallest absolute Gasteiger partial charge is 0.325 e. The van der Waals surface area contributed by atoms with E-state index in [0.29, 0.717) is 19.4 Å². The van der Waals surface area contributed by atoms with Gasteiger partial charge in [-0.15, -0.1) is 0 Å². The first kappa shape index (κ1) is 15.3. The van der Waals surface area contributed by atoms with Crippen LogP contribution in [0.5, 0.6) is 0 Å². The molecular formula is C16H25N3O3. The Balaban J connectivity index is 1.48. The molecule has 3 aliphatic rings. The number of carbonyl (C=O) groups excluding carboxylic acids is 3. The van der Waals surface area contributed by atoms with E-state index in [1.54, 1.807) is 0 Å². The highest BCUT2D eigenvalue weighted by Crippen LogP contribution is 2.35. The quantitative estimate of drug-likeness (QED) is 0.803. The van der Waals surface area contributed by atoms with Crippen LogP contribution in [0, 0.1) is 0 Å². The Bertz CT molecular complexity index is 465. The summed E-state index contributed by atoms with van der Waals surface area (Å²) < 4.78 is 0. The maximum absolute atomic E-state index is 12.5. The molecule has 0 bridgehead atoms. The molecule has 2 aliphatic heterocycles. The first-order chi connectivity index (χ1) is 10.6. The van der Waals surface area contributed by atoms with Crippen molar-refractivity contribution in [1.82, 2.24) is 15.1 Å². The van der Waals surface area contributed by atoms with Gasteiger partial charge >= 0.3 is 6.03 Å². The second kappa shape index (κ2) is 6.26. The SMILES string of the molecule is O=C(CCCN1C(=O)NC2(CCCC2)C1=O)N1CCCCC1. The summed E-state index contributed by atoms with van der Waals surface area (Å²) in [5, 5.41) is 2.87. The molecule has 0 aromatic rings. The van der Waals surface area contributed by atoms with Gasteiger partial charge in [0.1, 0.15) is 5.54 Å². The molecule has 0 radical (unpaired) electrons. The number of imide groups is 1. The molecule has 0 aromatic carbocycles. The van der Waals surface area contributed by atoms with E-state index in [1.165, 1.54) is 11.3 Å². The minimum Gasteiger partial charge on any atom is -0.343 e. The van der Waals surface area contributed by atoms with E-state index < -0.39 is 5.54 Å². The molecule has 122 valence electrons. The summed E-state index contributed by atoms with van der Waals surface area (Å²) in [6.45, 7) is 2.06. The molecule has 1 spiro atoms. The largest absolute Gasteiger partial charge is 0.343 e. The van der Waals surface area contributed by atoms with Gasteiger partial charge in [0.15, 0.2) is 0 Å². The molecule has 1 N–H and O–H groups in total. The fourth-order valence-corrected chi connectivity index (χ4v) is 3.89. The molecule has 1 saturated carbocycles. The lowest BCUT2D eigenvalue weighted by molar-refractivity contribution is -0.134. The number of likely N-dealkylation sites (tertiary alicyclic amines) is 1. The predicted octanol–water partition coefficient (Wildman–Crippen LogP) is 1.64. The first-order valence-electron chi connectivity index (χ1n) is 8.54. The lowest BCUT2D eigenvalue weighted by atomic mass is 9.98. The van der Waals surface area contributed by atoms with E-state index in [9.17, 15) is 14.4 Å². The predicted molar refractivity (Wildman–Crippen MR) is 81.1 cm³/mol. The number of carbonyl (C=O) groups is 3. The van der Waals surface area contributed by atoms with Crippen LogP contribution in [0.2, 0.25) is 0 Å². The summed E-state index contributed by atoms with van der Waals surface area (Å²) in [7, 11) is 0. The molecule has 2 saturated heterocycles. The van der Waals surface area contributed by atoms with Crippen LogP contribution in [0.1, 0.15) is 57.8 Å². The molecule has 0 aromatic heterocycles. The lowest BCUT2D eigenvalue weighted by Crippen LogP contribution is -2.44. The van der Waals surface area contributed by atoms with Crippen molar-refractivity contribution < 1.29 is 14.4 Å². The average molecular weight is 307 g/mol. The van der Waals surface area contributed by atoms with Crippen LogP contribution in [0.3, 0.4) is 0 Å². The molecule has 22 heavy (non-hydrogen) atoms. The highest BCUT2D eigenvalue weighted by atomic mass is 16.2. The second-order valence-electron chi connectivity index (χ2n) is 6.72. The van der Waals surface area contributed by atoms with Gasteiger partial charge in [-0.3, -0.25) is 14.5 Å². The highest BCUT2D eigenvalue weighted by Gasteiger charge is 2.52. The van der Waals surface area contributed by atoms with E-state index >= 15 is 0 Å². The zero-order valence-electron chi connectivity index (χ0n) is 13.1. The third-order valence-corrected chi connectivity index (χ3v) is 5.18. The van der Waals surface area contributed by atoms with E-state index in [-0.39, 0.29) is 17.8 Å². The van der Waals surface area contributed by atoms with Gasteiger partial charge in [0.2, 0.25) is 5.91 Å². The van der Waals surface area contributed by atoms with Gasteiger partial charge < -0.3 is 10.2 Å². The standard InChI is InChI=1S/C16H25N3O3/c20-13(18-10-4-1-5-11-18)7-6-12-19-14(21)16(17-15(19)22)8-2-3-9-16/h1-12H2,(H,17,22). The van der Waals surface area contributed by atoms with E-state index in [0.717, 1.165) is 51.6 Å². The van der Waals surface area contributed by atoms with Crippen molar-refractivity contribution in [3.05, 3.63) is 0 Å². The molecule has 3 fully saturated rings. The molecule has 3 rings (SSSR count). The Kier molecular flexibility index (Phi) is 4.36. The third-order valence-electron chi connectivity index (χ3n) is 5.18. The minimum atomic E-state index is -0.631. The molecular weight excluding hydrogens is 282 g/mol. The van der Waals surface area contributed by atoms with Crippen LogP contribution < -0.4 is 5.32 Å². The number of urea groups is 1. The highest BCUT2D eigenvalue weighted by molar-refractivity contribution is 6.07. The summed E-state index contributed by atoms with van der Waals surface area (Å²) in [5.41, 5.74) is -0.631. The van der Waals surface area contributed by atoms with Gasteiger partial charge in [-0.2, -0.15) is 0 Å². The second-order valence-corrected chi connectivity index (χ2v) is 6.72. The summed E-state index contributed by atoms with van der Waals surface area (Å²) in [5.74, 6) is 0.0720. The Hall–Kier alpha value is -1.59. The Labute approximate surface area is 131 Å². The van der Waals surface area contributed by atoms with Crippen LogP contribution >= 0.6 is 0 Å².